The normalized spacial score (nSPS) is 11.3. The summed E-state index contributed by atoms with van der Waals surface area (Å²) >= 11 is 2.87. The van der Waals surface area contributed by atoms with E-state index in [9.17, 15) is 9.59 Å². The van der Waals surface area contributed by atoms with Gasteiger partial charge in [0.2, 0.25) is 5.91 Å². The molecule has 0 spiro atoms. The lowest BCUT2D eigenvalue weighted by Crippen LogP contribution is -2.24. The second kappa shape index (κ2) is 9.35. The van der Waals surface area contributed by atoms with Gasteiger partial charge in [0.1, 0.15) is 4.83 Å². The molecule has 0 bridgehead atoms. The molecule has 0 fully saturated rings. The highest BCUT2D eigenvalue weighted by atomic mass is 32.2. The molecule has 3 aromatic rings. The lowest BCUT2D eigenvalue weighted by atomic mass is 10.1. The average molecular weight is 444 g/mol. The maximum atomic E-state index is 13.2. The number of fused-ring (bicyclic) bond motifs is 1. The van der Waals surface area contributed by atoms with Crippen LogP contribution in [0, 0.1) is 34.6 Å². The second-order valence-corrected chi connectivity index (χ2v) is 9.92. The molecule has 1 N–H and O–H groups in total. The molecule has 2 heterocycles. The number of carbonyl (C=O) groups is 1. The number of rotatable bonds is 7. The first-order chi connectivity index (χ1) is 14.2. The van der Waals surface area contributed by atoms with Crippen molar-refractivity contribution in [2.75, 3.05) is 11.1 Å². The van der Waals surface area contributed by atoms with Gasteiger partial charge in [-0.3, -0.25) is 14.2 Å². The largest absolute Gasteiger partial charge is 0.325 e. The average Bonchev–Trinajstić information content (AvgIpc) is 2.96. The first-order valence-electron chi connectivity index (χ1n) is 10.2. The third-order valence-electron chi connectivity index (χ3n) is 5.26. The molecule has 30 heavy (non-hydrogen) atoms. The second-order valence-electron chi connectivity index (χ2n) is 7.78. The van der Waals surface area contributed by atoms with Crippen LogP contribution >= 0.6 is 23.1 Å². The summed E-state index contributed by atoms with van der Waals surface area (Å²) in [4.78, 5) is 32.5. The van der Waals surface area contributed by atoms with E-state index in [4.69, 9.17) is 4.98 Å². The molecule has 0 saturated heterocycles. The Bertz CT molecular complexity index is 1140. The van der Waals surface area contributed by atoms with Crippen LogP contribution < -0.4 is 10.9 Å². The Morgan fingerprint density at radius 3 is 2.47 bits per heavy atom. The van der Waals surface area contributed by atoms with Gasteiger partial charge in [-0.05, 0) is 57.7 Å². The van der Waals surface area contributed by atoms with E-state index in [1.807, 2.05) is 34.6 Å². The van der Waals surface area contributed by atoms with Gasteiger partial charge in [0.05, 0.1) is 11.1 Å². The van der Waals surface area contributed by atoms with Gasteiger partial charge in [0, 0.05) is 17.1 Å². The van der Waals surface area contributed by atoms with E-state index in [1.165, 1.54) is 17.3 Å². The number of aryl methyl sites for hydroxylation is 5. The summed E-state index contributed by atoms with van der Waals surface area (Å²) in [6.45, 7) is 12.8. The summed E-state index contributed by atoms with van der Waals surface area (Å²) < 4.78 is 1.74. The number of hydrogen-bond acceptors (Lipinski definition) is 5. The number of anilines is 1. The van der Waals surface area contributed by atoms with E-state index in [2.05, 4.69) is 24.4 Å². The number of thioether (sulfide) groups is 1. The quantitative estimate of drug-likeness (QED) is 0.385. The number of thiophene rings is 1. The van der Waals surface area contributed by atoms with Gasteiger partial charge in [0.25, 0.3) is 5.56 Å². The lowest BCUT2D eigenvalue weighted by molar-refractivity contribution is -0.113. The van der Waals surface area contributed by atoms with E-state index >= 15 is 0 Å². The van der Waals surface area contributed by atoms with Crippen molar-refractivity contribution in [1.29, 1.82) is 0 Å². The monoisotopic (exact) mass is 443 g/mol. The van der Waals surface area contributed by atoms with Crippen LogP contribution in [0.5, 0.6) is 0 Å². The lowest BCUT2D eigenvalue weighted by Gasteiger charge is -2.14. The maximum absolute atomic E-state index is 13.2. The predicted octanol–water partition coefficient (Wildman–Crippen LogP) is 5.53. The van der Waals surface area contributed by atoms with Crippen LogP contribution in [0.1, 0.15) is 46.9 Å². The summed E-state index contributed by atoms with van der Waals surface area (Å²) in [6.07, 6.45) is 1.89. The first kappa shape index (κ1) is 22.6. The third-order valence-corrected chi connectivity index (χ3v) is 7.34. The number of amides is 1. The van der Waals surface area contributed by atoms with Gasteiger partial charge in [-0.2, -0.15) is 0 Å². The van der Waals surface area contributed by atoms with E-state index < -0.39 is 0 Å². The highest BCUT2D eigenvalue weighted by molar-refractivity contribution is 7.99. The molecule has 0 aliphatic rings. The van der Waals surface area contributed by atoms with Gasteiger partial charge in [-0.15, -0.1) is 11.3 Å². The van der Waals surface area contributed by atoms with Crippen LogP contribution in [-0.2, 0) is 11.3 Å². The Labute approximate surface area is 185 Å². The van der Waals surface area contributed by atoms with Crippen LogP contribution in [0.2, 0.25) is 0 Å². The fourth-order valence-corrected chi connectivity index (χ4v) is 5.51. The van der Waals surface area contributed by atoms with Crippen molar-refractivity contribution in [2.45, 2.75) is 66.1 Å². The molecular weight excluding hydrogens is 414 g/mol. The molecule has 0 saturated carbocycles. The minimum absolute atomic E-state index is 0.00318. The molecule has 0 unspecified atom stereocenters. The summed E-state index contributed by atoms with van der Waals surface area (Å²) in [5, 5.41) is 4.37. The smallest absolute Gasteiger partial charge is 0.263 e. The molecule has 2 aromatic heterocycles. The SMILES string of the molecule is CCCCn1c(SCC(=O)Nc2c(C)cc(C)cc2C)nc2sc(C)c(C)c2c1=O. The summed E-state index contributed by atoms with van der Waals surface area (Å²) in [7, 11) is 0. The molecule has 1 amide bonds. The van der Waals surface area contributed by atoms with Crippen molar-refractivity contribution in [2.24, 2.45) is 0 Å². The van der Waals surface area contributed by atoms with Crippen molar-refractivity contribution in [3.8, 4) is 0 Å². The van der Waals surface area contributed by atoms with E-state index in [0.29, 0.717) is 17.1 Å². The number of unbranched alkanes of at least 4 members (excludes halogenated alkanes) is 1. The number of carbonyl (C=O) groups excluding carboxylic acids is 1. The Hall–Kier alpha value is -2.12. The van der Waals surface area contributed by atoms with Crippen LogP contribution in [-0.4, -0.2) is 21.2 Å². The van der Waals surface area contributed by atoms with Crippen LogP contribution in [0.4, 0.5) is 5.69 Å². The Morgan fingerprint density at radius 1 is 1.17 bits per heavy atom. The van der Waals surface area contributed by atoms with Crippen LogP contribution in [0.25, 0.3) is 10.2 Å². The molecule has 7 heteroatoms. The fourth-order valence-electron chi connectivity index (χ4n) is 3.62. The third kappa shape index (κ3) is 4.62. The molecule has 0 radical (unpaired) electrons. The summed E-state index contributed by atoms with van der Waals surface area (Å²) in [5.74, 6) is 0.116. The summed E-state index contributed by atoms with van der Waals surface area (Å²) in [5.41, 5.74) is 5.16. The van der Waals surface area contributed by atoms with Gasteiger partial charge < -0.3 is 5.32 Å². The molecule has 1 aromatic carbocycles. The van der Waals surface area contributed by atoms with Gasteiger partial charge in [-0.25, -0.2) is 4.98 Å². The van der Waals surface area contributed by atoms with Crippen LogP contribution in [0.15, 0.2) is 22.1 Å². The highest BCUT2D eigenvalue weighted by Gasteiger charge is 2.18. The van der Waals surface area contributed by atoms with Gasteiger partial charge >= 0.3 is 0 Å². The van der Waals surface area contributed by atoms with Crippen molar-refractivity contribution in [1.82, 2.24) is 9.55 Å². The zero-order chi connectivity index (χ0) is 22.0. The van der Waals surface area contributed by atoms with E-state index in [-0.39, 0.29) is 17.2 Å². The maximum Gasteiger partial charge on any atom is 0.263 e. The standard InChI is InChI=1S/C23H29N3O2S2/c1-7-8-9-26-22(28)19-16(5)17(6)30-21(19)25-23(26)29-12-18(27)24-20-14(3)10-13(2)11-15(20)4/h10-11H,7-9,12H2,1-6H3,(H,24,27). The zero-order valence-corrected chi connectivity index (χ0v) is 20.1. The molecule has 160 valence electrons. The van der Waals surface area contributed by atoms with Crippen molar-refractivity contribution in [3.05, 3.63) is 49.6 Å². The predicted molar refractivity (Wildman–Crippen MR) is 128 cm³/mol. The fraction of sp³-hybridized carbons (Fsp3) is 0.435. The molecule has 0 aliphatic carbocycles. The Kier molecular flexibility index (Phi) is 7.03. The molecular formula is C23H29N3O2S2. The molecule has 3 rings (SSSR count). The van der Waals surface area contributed by atoms with Gasteiger partial charge in [-0.1, -0.05) is 42.8 Å². The number of nitrogens with zero attached hydrogens (tertiary/aromatic N) is 2. The van der Waals surface area contributed by atoms with Crippen molar-refractivity contribution < 1.29 is 4.79 Å². The topological polar surface area (TPSA) is 64.0 Å². The number of benzene rings is 1. The minimum Gasteiger partial charge on any atom is -0.325 e. The Morgan fingerprint density at radius 2 is 1.83 bits per heavy atom. The number of hydrogen-bond donors (Lipinski definition) is 1. The first-order valence-corrected chi connectivity index (χ1v) is 12.0. The number of aromatic nitrogens is 2. The minimum atomic E-state index is -0.0926. The molecule has 0 aliphatic heterocycles. The molecule has 0 atom stereocenters. The highest BCUT2D eigenvalue weighted by Crippen LogP contribution is 2.29. The Balaban J connectivity index is 1.86. The van der Waals surface area contributed by atoms with Crippen molar-refractivity contribution >= 4 is 44.9 Å². The number of nitrogens with one attached hydrogen (secondary N) is 1. The van der Waals surface area contributed by atoms with Gasteiger partial charge in [0.15, 0.2) is 5.16 Å². The molecule has 5 nitrogen and oxygen atoms in total. The summed E-state index contributed by atoms with van der Waals surface area (Å²) in [6, 6.07) is 4.13. The van der Waals surface area contributed by atoms with Crippen LogP contribution in [0.3, 0.4) is 0 Å². The van der Waals surface area contributed by atoms with Crippen molar-refractivity contribution in [3.63, 3.8) is 0 Å². The zero-order valence-electron chi connectivity index (χ0n) is 18.5. The van der Waals surface area contributed by atoms with E-state index in [1.54, 1.807) is 15.9 Å². The van der Waals surface area contributed by atoms with E-state index in [0.717, 1.165) is 44.9 Å².